The van der Waals surface area contributed by atoms with Gasteiger partial charge in [0, 0.05) is 31.7 Å². The Bertz CT molecular complexity index is 525. The van der Waals surface area contributed by atoms with Crippen LogP contribution in [0.1, 0.15) is 51.5 Å². The summed E-state index contributed by atoms with van der Waals surface area (Å²) in [5.41, 5.74) is 2.63. The molecule has 1 aromatic carbocycles. The number of hydrogen-bond donors (Lipinski definition) is 2. The number of hydrogen-bond acceptors (Lipinski definition) is 4. The molecule has 2 rings (SSSR count). The third kappa shape index (κ3) is 7.04. The van der Waals surface area contributed by atoms with E-state index in [-0.39, 0.29) is 18.6 Å². The molecule has 1 saturated heterocycles. The number of nitrogens with zero attached hydrogens (tertiary/aromatic N) is 1. The number of ether oxygens (including phenoxy) is 1. The fourth-order valence-electron chi connectivity index (χ4n) is 3.45. The van der Waals surface area contributed by atoms with E-state index >= 15 is 0 Å². The number of morpholine rings is 1. The van der Waals surface area contributed by atoms with Crippen molar-refractivity contribution in [3.05, 3.63) is 29.8 Å². The van der Waals surface area contributed by atoms with Crippen LogP contribution in [0.3, 0.4) is 0 Å². The standard InChI is InChI=1S/C20H32N2O3/c1-16-14-22(15-17(2)25-16)19-10-7-6-9-18(19)13-21-12-8-4-3-5-11-20(23)24/h6-7,9-10,16-17,21H,3-5,8,11-15H2,1-2H3,(H,23,24)/t16-,17-/m1/s1. The van der Waals surface area contributed by atoms with E-state index in [2.05, 4.69) is 48.3 Å². The summed E-state index contributed by atoms with van der Waals surface area (Å²) < 4.78 is 5.84. The molecule has 1 aromatic rings. The van der Waals surface area contributed by atoms with Crippen LogP contribution in [-0.4, -0.2) is 42.9 Å². The maximum absolute atomic E-state index is 10.5. The van der Waals surface area contributed by atoms with Crippen LogP contribution in [0.5, 0.6) is 0 Å². The SMILES string of the molecule is C[C@@H]1CN(c2ccccc2CNCCCCCCC(=O)O)C[C@@H](C)O1. The molecule has 0 saturated carbocycles. The molecule has 0 unspecified atom stereocenters. The summed E-state index contributed by atoms with van der Waals surface area (Å²) in [4.78, 5) is 12.9. The second-order valence-corrected chi connectivity index (χ2v) is 7.03. The van der Waals surface area contributed by atoms with Crippen LogP contribution in [-0.2, 0) is 16.1 Å². The van der Waals surface area contributed by atoms with E-state index in [1.807, 2.05) is 0 Å². The molecule has 5 nitrogen and oxygen atoms in total. The molecule has 0 aromatic heterocycles. The minimum Gasteiger partial charge on any atom is -0.481 e. The van der Waals surface area contributed by atoms with Crippen molar-refractivity contribution in [1.82, 2.24) is 5.32 Å². The lowest BCUT2D eigenvalue weighted by atomic mass is 10.1. The van der Waals surface area contributed by atoms with Gasteiger partial charge in [0.25, 0.3) is 0 Å². The number of aliphatic carboxylic acids is 1. The summed E-state index contributed by atoms with van der Waals surface area (Å²) in [5.74, 6) is -0.693. The van der Waals surface area contributed by atoms with E-state index in [9.17, 15) is 4.79 Å². The summed E-state index contributed by atoms with van der Waals surface area (Å²) >= 11 is 0. The van der Waals surface area contributed by atoms with E-state index in [4.69, 9.17) is 9.84 Å². The molecular weight excluding hydrogens is 316 g/mol. The van der Waals surface area contributed by atoms with Crippen LogP contribution in [0.15, 0.2) is 24.3 Å². The number of para-hydroxylation sites is 1. The van der Waals surface area contributed by atoms with Gasteiger partial charge in [-0.15, -0.1) is 0 Å². The van der Waals surface area contributed by atoms with Gasteiger partial charge in [-0.05, 0) is 44.9 Å². The van der Waals surface area contributed by atoms with Crippen molar-refractivity contribution < 1.29 is 14.6 Å². The molecule has 0 aliphatic carbocycles. The molecule has 140 valence electrons. The van der Waals surface area contributed by atoms with Gasteiger partial charge in [0.05, 0.1) is 12.2 Å². The number of unbranched alkanes of at least 4 members (excludes halogenated alkanes) is 3. The van der Waals surface area contributed by atoms with Crippen molar-refractivity contribution in [3.63, 3.8) is 0 Å². The molecule has 0 amide bonds. The fraction of sp³-hybridized carbons (Fsp3) is 0.650. The molecule has 1 aliphatic heterocycles. The maximum atomic E-state index is 10.5. The van der Waals surface area contributed by atoms with Gasteiger partial charge in [0.15, 0.2) is 0 Å². The number of nitrogens with one attached hydrogen (secondary N) is 1. The molecule has 2 atom stereocenters. The lowest BCUT2D eigenvalue weighted by Gasteiger charge is -2.37. The molecule has 1 heterocycles. The van der Waals surface area contributed by atoms with E-state index in [1.54, 1.807) is 0 Å². The number of carboxylic acid groups (broad SMARTS) is 1. The largest absolute Gasteiger partial charge is 0.481 e. The van der Waals surface area contributed by atoms with Crippen LogP contribution in [0, 0.1) is 0 Å². The normalized spacial score (nSPS) is 20.6. The molecule has 1 aliphatic rings. The first-order valence-electron chi connectivity index (χ1n) is 9.47. The number of benzene rings is 1. The van der Waals surface area contributed by atoms with Gasteiger partial charge in [-0.2, -0.15) is 0 Å². The number of anilines is 1. The van der Waals surface area contributed by atoms with Crippen LogP contribution in [0.2, 0.25) is 0 Å². The Morgan fingerprint density at radius 3 is 2.56 bits per heavy atom. The zero-order valence-electron chi connectivity index (χ0n) is 15.5. The summed E-state index contributed by atoms with van der Waals surface area (Å²) in [6.45, 7) is 7.97. The second kappa shape index (κ2) is 10.4. The molecule has 5 heteroatoms. The number of rotatable bonds is 10. The topological polar surface area (TPSA) is 61.8 Å². The lowest BCUT2D eigenvalue weighted by molar-refractivity contribution is -0.137. The van der Waals surface area contributed by atoms with E-state index in [1.165, 1.54) is 11.3 Å². The van der Waals surface area contributed by atoms with Crippen molar-refractivity contribution in [2.45, 2.75) is 64.7 Å². The average Bonchev–Trinajstić information content (AvgIpc) is 2.56. The highest BCUT2D eigenvalue weighted by Crippen LogP contribution is 2.24. The second-order valence-electron chi connectivity index (χ2n) is 7.03. The van der Waals surface area contributed by atoms with Gasteiger partial charge < -0.3 is 20.1 Å². The minimum atomic E-state index is -0.693. The van der Waals surface area contributed by atoms with Crippen molar-refractivity contribution in [2.75, 3.05) is 24.5 Å². The highest BCUT2D eigenvalue weighted by Gasteiger charge is 2.23. The molecule has 1 fully saturated rings. The summed E-state index contributed by atoms with van der Waals surface area (Å²) in [6.07, 6.45) is 4.76. The minimum absolute atomic E-state index is 0.260. The van der Waals surface area contributed by atoms with Gasteiger partial charge in [-0.1, -0.05) is 31.0 Å². The van der Waals surface area contributed by atoms with Crippen molar-refractivity contribution in [2.24, 2.45) is 0 Å². The van der Waals surface area contributed by atoms with Gasteiger partial charge in [0.1, 0.15) is 0 Å². The Morgan fingerprint density at radius 2 is 1.84 bits per heavy atom. The maximum Gasteiger partial charge on any atom is 0.303 e. The number of carboxylic acids is 1. The number of carbonyl (C=O) groups is 1. The smallest absolute Gasteiger partial charge is 0.303 e. The summed E-state index contributed by atoms with van der Waals surface area (Å²) in [6, 6.07) is 8.60. The highest BCUT2D eigenvalue weighted by molar-refractivity contribution is 5.66. The molecular formula is C20H32N2O3. The predicted molar refractivity (Wildman–Crippen MR) is 101 cm³/mol. The average molecular weight is 348 g/mol. The zero-order valence-corrected chi connectivity index (χ0v) is 15.5. The quantitative estimate of drug-likeness (QED) is 0.634. The van der Waals surface area contributed by atoms with Crippen molar-refractivity contribution >= 4 is 11.7 Å². The predicted octanol–water partition coefficient (Wildman–Crippen LogP) is 3.42. The Kier molecular flexibility index (Phi) is 8.22. The Balaban J connectivity index is 1.74. The first kappa shape index (κ1) is 19.7. The third-order valence-electron chi connectivity index (χ3n) is 4.56. The first-order chi connectivity index (χ1) is 12.1. The monoisotopic (exact) mass is 348 g/mol. The zero-order chi connectivity index (χ0) is 18.1. The van der Waals surface area contributed by atoms with Gasteiger partial charge >= 0.3 is 5.97 Å². The van der Waals surface area contributed by atoms with E-state index < -0.39 is 5.97 Å². The highest BCUT2D eigenvalue weighted by atomic mass is 16.5. The first-order valence-corrected chi connectivity index (χ1v) is 9.47. The van der Waals surface area contributed by atoms with Crippen LogP contribution < -0.4 is 10.2 Å². The molecule has 0 spiro atoms. The molecule has 0 bridgehead atoms. The third-order valence-corrected chi connectivity index (χ3v) is 4.56. The van der Waals surface area contributed by atoms with E-state index in [0.717, 1.165) is 51.9 Å². The van der Waals surface area contributed by atoms with Gasteiger partial charge in [-0.3, -0.25) is 4.79 Å². The molecule has 25 heavy (non-hydrogen) atoms. The van der Waals surface area contributed by atoms with Crippen molar-refractivity contribution in [3.8, 4) is 0 Å². The lowest BCUT2D eigenvalue weighted by Crippen LogP contribution is -2.46. The Hall–Kier alpha value is -1.59. The fourth-order valence-corrected chi connectivity index (χ4v) is 3.45. The van der Waals surface area contributed by atoms with Crippen LogP contribution >= 0.6 is 0 Å². The Morgan fingerprint density at radius 1 is 1.16 bits per heavy atom. The summed E-state index contributed by atoms with van der Waals surface area (Å²) in [5, 5.41) is 12.2. The van der Waals surface area contributed by atoms with Gasteiger partial charge in [-0.25, -0.2) is 0 Å². The van der Waals surface area contributed by atoms with Crippen molar-refractivity contribution in [1.29, 1.82) is 0 Å². The van der Waals surface area contributed by atoms with Crippen LogP contribution in [0.25, 0.3) is 0 Å². The Labute approximate surface area is 151 Å². The van der Waals surface area contributed by atoms with Crippen LogP contribution in [0.4, 0.5) is 5.69 Å². The molecule has 2 N–H and O–H groups in total. The summed E-state index contributed by atoms with van der Waals surface area (Å²) in [7, 11) is 0. The van der Waals surface area contributed by atoms with E-state index in [0.29, 0.717) is 0 Å². The molecule has 0 radical (unpaired) electrons. The van der Waals surface area contributed by atoms with Gasteiger partial charge in [0.2, 0.25) is 0 Å².